The van der Waals surface area contributed by atoms with Gasteiger partial charge in [0.15, 0.2) is 0 Å². The summed E-state index contributed by atoms with van der Waals surface area (Å²) in [4.78, 5) is 12.3. The fourth-order valence-electron chi connectivity index (χ4n) is 4.43. The Labute approximate surface area is 131 Å². The van der Waals surface area contributed by atoms with Gasteiger partial charge in [-0.05, 0) is 54.9 Å². The van der Waals surface area contributed by atoms with Gasteiger partial charge in [0.25, 0.3) is 0 Å². The second-order valence-electron chi connectivity index (χ2n) is 9.11. The Morgan fingerprint density at radius 2 is 1.71 bits per heavy atom. The van der Waals surface area contributed by atoms with Crippen LogP contribution < -0.4 is 11.1 Å². The number of carbonyl (C=O) groups excluding carboxylic acids is 1. The SMILES string of the molecule is CC(C)CC(CN)CC(=O)NC1CC(C)(C)CC(C)(C)C1. The maximum Gasteiger partial charge on any atom is 0.220 e. The van der Waals surface area contributed by atoms with E-state index in [4.69, 9.17) is 5.73 Å². The van der Waals surface area contributed by atoms with E-state index in [1.165, 1.54) is 6.42 Å². The molecule has 0 aromatic heterocycles. The first-order valence-electron chi connectivity index (χ1n) is 8.52. The average Bonchev–Trinajstić information content (AvgIpc) is 2.22. The highest BCUT2D eigenvalue weighted by Crippen LogP contribution is 2.45. The third-order valence-electron chi connectivity index (χ3n) is 4.53. The predicted molar refractivity (Wildman–Crippen MR) is 90.0 cm³/mol. The Morgan fingerprint density at radius 3 is 2.14 bits per heavy atom. The number of hydrogen-bond acceptors (Lipinski definition) is 2. The van der Waals surface area contributed by atoms with Gasteiger partial charge >= 0.3 is 0 Å². The standard InChI is InChI=1S/C18H36N2O/c1-13(2)7-14(11-19)8-16(21)20-15-9-17(3,4)12-18(5,6)10-15/h13-15H,7-12,19H2,1-6H3,(H,20,21). The summed E-state index contributed by atoms with van der Waals surface area (Å²) in [6, 6.07) is 0.314. The van der Waals surface area contributed by atoms with Crippen LogP contribution in [0.5, 0.6) is 0 Å². The second kappa shape index (κ2) is 7.13. The lowest BCUT2D eigenvalue weighted by Crippen LogP contribution is -2.46. The van der Waals surface area contributed by atoms with Crippen LogP contribution in [0.2, 0.25) is 0 Å². The smallest absolute Gasteiger partial charge is 0.220 e. The van der Waals surface area contributed by atoms with E-state index in [-0.39, 0.29) is 5.91 Å². The van der Waals surface area contributed by atoms with Crippen molar-refractivity contribution < 1.29 is 4.79 Å². The van der Waals surface area contributed by atoms with Gasteiger partial charge in [-0.1, -0.05) is 41.5 Å². The zero-order chi connectivity index (χ0) is 16.3. The number of rotatable bonds is 6. The van der Waals surface area contributed by atoms with Gasteiger partial charge in [0.05, 0.1) is 0 Å². The normalized spacial score (nSPS) is 23.0. The predicted octanol–water partition coefficient (Wildman–Crippen LogP) is 3.72. The Balaban J connectivity index is 2.53. The lowest BCUT2D eigenvalue weighted by molar-refractivity contribution is -0.123. The van der Waals surface area contributed by atoms with Crippen LogP contribution in [0.15, 0.2) is 0 Å². The van der Waals surface area contributed by atoms with E-state index in [2.05, 4.69) is 46.9 Å². The quantitative estimate of drug-likeness (QED) is 0.785. The van der Waals surface area contributed by atoms with Crippen molar-refractivity contribution in [1.82, 2.24) is 5.32 Å². The molecule has 3 N–H and O–H groups in total. The Hall–Kier alpha value is -0.570. The molecular formula is C18H36N2O. The van der Waals surface area contributed by atoms with Crippen molar-refractivity contribution in [2.75, 3.05) is 6.54 Å². The zero-order valence-corrected chi connectivity index (χ0v) is 15.0. The van der Waals surface area contributed by atoms with Crippen molar-refractivity contribution >= 4 is 5.91 Å². The Bertz CT molecular complexity index is 331. The monoisotopic (exact) mass is 296 g/mol. The van der Waals surface area contributed by atoms with E-state index in [1.807, 2.05) is 0 Å². The summed E-state index contributed by atoms with van der Waals surface area (Å²) in [6.07, 6.45) is 5.00. The number of hydrogen-bond donors (Lipinski definition) is 2. The Kier molecular flexibility index (Phi) is 6.27. The third kappa shape index (κ3) is 6.82. The summed E-state index contributed by atoms with van der Waals surface area (Å²) in [5.41, 5.74) is 6.43. The first-order chi connectivity index (χ1) is 9.53. The van der Waals surface area contributed by atoms with Crippen LogP contribution in [0.1, 0.15) is 73.6 Å². The fraction of sp³-hybridized carbons (Fsp3) is 0.944. The molecule has 0 aromatic rings. The molecule has 0 bridgehead atoms. The summed E-state index contributed by atoms with van der Waals surface area (Å²) >= 11 is 0. The van der Waals surface area contributed by atoms with Crippen LogP contribution in [-0.4, -0.2) is 18.5 Å². The number of nitrogens with two attached hydrogens (primary N) is 1. The first-order valence-corrected chi connectivity index (χ1v) is 8.52. The molecule has 1 atom stereocenters. The van der Waals surface area contributed by atoms with Crippen molar-refractivity contribution in [3.63, 3.8) is 0 Å². The maximum atomic E-state index is 12.3. The van der Waals surface area contributed by atoms with Gasteiger partial charge in [0.2, 0.25) is 5.91 Å². The molecule has 0 saturated heterocycles. The molecule has 0 spiro atoms. The maximum absolute atomic E-state index is 12.3. The van der Waals surface area contributed by atoms with E-state index < -0.39 is 0 Å². The minimum atomic E-state index is 0.185. The van der Waals surface area contributed by atoms with Crippen LogP contribution in [0.25, 0.3) is 0 Å². The van der Waals surface area contributed by atoms with Gasteiger partial charge in [-0.2, -0.15) is 0 Å². The fourth-order valence-corrected chi connectivity index (χ4v) is 4.43. The van der Waals surface area contributed by atoms with Gasteiger partial charge < -0.3 is 11.1 Å². The van der Waals surface area contributed by atoms with E-state index in [9.17, 15) is 4.79 Å². The average molecular weight is 296 g/mol. The highest BCUT2D eigenvalue weighted by Gasteiger charge is 2.38. The molecule has 124 valence electrons. The van der Waals surface area contributed by atoms with E-state index in [0.29, 0.717) is 41.7 Å². The minimum absolute atomic E-state index is 0.185. The minimum Gasteiger partial charge on any atom is -0.353 e. The Morgan fingerprint density at radius 1 is 1.19 bits per heavy atom. The summed E-state index contributed by atoms with van der Waals surface area (Å²) in [5.74, 6) is 1.10. The summed E-state index contributed by atoms with van der Waals surface area (Å²) in [6.45, 7) is 14.2. The molecule has 0 radical (unpaired) electrons. The molecule has 21 heavy (non-hydrogen) atoms. The zero-order valence-electron chi connectivity index (χ0n) is 15.0. The van der Waals surface area contributed by atoms with Crippen LogP contribution in [0.3, 0.4) is 0 Å². The van der Waals surface area contributed by atoms with Crippen LogP contribution in [0.4, 0.5) is 0 Å². The van der Waals surface area contributed by atoms with Crippen molar-refractivity contribution in [3.05, 3.63) is 0 Å². The topological polar surface area (TPSA) is 55.1 Å². The first kappa shape index (κ1) is 18.5. The molecule has 1 aliphatic carbocycles. The molecule has 1 fully saturated rings. The van der Waals surface area contributed by atoms with Gasteiger partial charge in [0, 0.05) is 12.5 Å². The highest BCUT2D eigenvalue weighted by molar-refractivity contribution is 5.76. The molecule has 3 nitrogen and oxygen atoms in total. The van der Waals surface area contributed by atoms with Crippen LogP contribution in [-0.2, 0) is 4.79 Å². The van der Waals surface area contributed by atoms with Crippen LogP contribution >= 0.6 is 0 Å². The molecule has 0 aromatic carbocycles. The summed E-state index contributed by atoms with van der Waals surface area (Å²) in [7, 11) is 0. The van der Waals surface area contributed by atoms with Gasteiger partial charge in [-0.15, -0.1) is 0 Å². The molecule has 1 aliphatic rings. The van der Waals surface area contributed by atoms with Crippen molar-refractivity contribution in [2.24, 2.45) is 28.4 Å². The third-order valence-corrected chi connectivity index (χ3v) is 4.53. The second-order valence-corrected chi connectivity index (χ2v) is 9.11. The molecule has 0 heterocycles. The van der Waals surface area contributed by atoms with Crippen molar-refractivity contribution in [2.45, 2.75) is 79.7 Å². The van der Waals surface area contributed by atoms with Crippen molar-refractivity contribution in [1.29, 1.82) is 0 Å². The number of nitrogens with one attached hydrogen (secondary N) is 1. The van der Waals surface area contributed by atoms with Gasteiger partial charge in [-0.3, -0.25) is 4.79 Å². The molecule has 1 saturated carbocycles. The van der Waals surface area contributed by atoms with E-state index in [0.717, 1.165) is 19.3 Å². The summed E-state index contributed by atoms with van der Waals surface area (Å²) in [5, 5.41) is 3.27. The summed E-state index contributed by atoms with van der Waals surface area (Å²) < 4.78 is 0. The molecule has 0 aliphatic heterocycles. The largest absolute Gasteiger partial charge is 0.353 e. The lowest BCUT2D eigenvalue weighted by atomic mass is 9.63. The van der Waals surface area contributed by atoms with Crippen molar-refractivity contribution in [3.8, 4) is 0 Å². The number of amides is 1. The molecule has 3 heteroatoms. The van der Waals surface area contributed by atoms with Crippen LogP contribution in [0, 0.1) is 22.7 Å². The van der Waals surface area contributed by atoms with Gasteiger partial charge in [-0.25, -0.2) is 0 Å². The molecule has 1 unspecified atom stereocenters. The highest BCUT2D eigenvalue weighted by atomic mass is 16.1. The van der Waals surface area contributed by atoms with Gasteiger partial charge in [0.1, 0.15) is 0 Å². The number of carbonyl (C=O) groups is 1. The molecule has 1 rings (SSSR count). The lowest BCUT2D eigenvalue weighted by Gasteiger charge is -2.45. The van der Waals surface area contributed by atoms with E-state index >= 15 is 0 Å². The van der Waals surface area contributed by atoms with E-state index in [1.54, 1.807) is 0 Å². The molecule has 1 amide bonds. The molecular weight excluding hydrogens is 260 g/mol.